The lowest BCUT2D eigenvalue weighted by Gasteiger charge is -2.35. The summed E-state index contributed by atoms with van der Waals surface area (Å²) in [6.07, 6.45) is -2.41. The number of ether oxygens (including phenoxy) is 3. The molecule has 7 rings (SSSR count). The van der Waals surface area contributed by atoms with Gasteiger partial charge >= 0.3 is 0 Å². The molecule has 0 fully saturated rings. The molecule has 4 aromatic rings. The van der Waals surface area contributed by atoms with Crippen LogP contribution in [0.3, 0.4) is 0 Å². The molecule has 0 radical (unpaired) electrons. The fourth-order valence-corrected chi connectivity index (χ4v) is 6.35. The Kier molecular flexibility index (Phi) is 4.91. The molecule has 3 aliphatic rings. The summed E-state index contributed by atoms with van der Waals surface area (Å²) in [4.78, 5) is 27.1. The minimum absolute atomic E-state index is 0.000154. The number of aliphatic hydroxyl groups excluding tert-OH is 2. The van der Waals surface area contributed by atoms with E-state index in [2.05, 4.69) is 0 Å². The van der Waals surface area contributed by atoms with E-state index in [-0.39, 0.29) is 76.4 Å². The number of fused-ring (bicyclic) bond motifs is 6. The Bertz CT molecular complexity index is 1890. The van der Waals surface area contributed by atoms with Crippen LogP contribution in [-0.4, -0.2) is 38.9 Å². The van der Waals surface area contributed by atoms with Gasteiger partial charge in [-0.2, -0.15) is 0 Å². The van der Waals surface area contributed by atoms with Crippen LogP contribution in [0, 0.1) is 6.92 Å². The van der Waals surface area contributed by atoms with Crippen molar-refractivity contribution in [3.8, 4) is 34.1 Å². The first-order chi connectivity index (χ1) is 18.6. The van der Waals surface area contributed by atoms with Gasteiger partial charge in [0.1, 0.15) is 34.5 Å². The smallest absolute Gasteiger partial charge is 0.262 e. The maximum Gasteiger partial charge on any atom is 0.262 e. The zero-order valence-corrected chi connectivity index (χ0v) is 21.3. The zero-order valence-electron chi connectivity index (χ0n) is 21.3. The topological polar surface area (TPSA) is 161 Å². The first-order valence-electron chi connectivity index (χ1n) is 12.6. The molecule has 4 N–H and O–H groups in total. The third kappa shape index (κ3) is 2.92. The SMILES string of the molecule is COc1c2c(c(O)c3c(=O)c4c(oc13)[C@@H](O)CC[C@@H]4O)-c1c3c(c4cc(C)n(C)c(=O)c4c1O)OCO[C@H]3C2. The maximum absolute atomic E-state index is 13.7. The number of phenols is 2. The second kappa shape index (κ2) is 7.98. The first kappa shape index (κ1) is 24.0. The summed E-state index contributed by atoms with van der Waals surface area (Å²) in [6, 6.07) is 1.75. The standard InChI is InChI=1S/C28H25NO10/c1-9-6-10-16(28(35)29(9)2)22(33)19-15-11(7-14-18(19)24(10)38-8-37-14)25(36-3)27-20(21(15)32)23(34)17-12(30)4-5-13(31)26(17)39-27/h6,12-14,30-33H,4-5,7-8H2,1-3H3/t12-,13-,14-/m0/s1. The largest absolute Gasteiger partial charge is 0.506 e. The van der Waals surface area contributed by atoms with E-state index >= 15 is 0 Å². The number of aliphatic hydroxyl groups is 2. The molecular weight excluding hydrogens is 510 g/mol. The summed E-state index contributed by atoms with van der Waals surface area (Å²) in [5, 5.41) is 44.6. The fraction of sp³-hybridized carbons (Fsp3) is 0.357. The highest BCUT2D eigenvalue weighted by Crippen LogP contribution is 2.59. The molecule has 2 aromatic carbocycles. The van der Waals surface area contributed by atoms with Crippen molar-refractivity contribution < 1.29 is 39.1 Å². The maximum atomic E-state index is 13.7. The third-order valence-electron chi connectivity index (χ3n) is 8.32. The fourth-order valence-electron chi connectivity index (χ4n) is 6.35. The summed E-state index contributed by atoms with van der Waals surface area (Å²) in [5.74, 6) is -0.496. The molecule has 0 spiro atoms. The number of nitrogens with zero attached hydrogens (tertiary/aromatic N) is 1. The van der Waals surface area contributed by atoms with E-state index in [9.17, 15) is 30.0 Å². The predicted octanol–water partition coefficient (Wildman–Crippen LogP) is 2.86. The van der Waals surface area contributed by atoms with Crippen LogP contribution in [-0.2, 0) is 18.2 Å². The number of aromatic hydroxyl groups is 2. The number of benzene rings is 2. The molecular formula is C28H25NO10. The van der Waals surface area contributed by atoms with Crippen LogP contribution in [0.5, 0.6) is 23.0 Å². The van der Waals surface area contributed by atoms with Gasteiger partial charge in [-0.25, -0.2) is 0 Å². The number of methoxy groups -OCH3 is 1. The van der Waals surface area contributed by atoms with E-state index < -0.39 is 35.0 Å². The van der Waals surface area contributed by atoms with Gasteiger partial charge in [-0.1, -0.05) is 0 Å². The number of pyridine rings is 1. The summed E-state index contributed by atoms with van der Waals surface area (Å²) in [7, 11) is 2.96. The average Bonchev–Trinajstić information content (AvgIpc) is 2.91. The molecule has 2 aromatic heterocycles. The van der Waals surface area contributed by atoms with Crippen LogP contribution in [0.25, 0.3) is 32.9 Å². The van der Waals surface area contributed by atoms with Crippen LogP contribution < -0.4 is 20.5 Å². The molecule has 3 atom stereocenters. The Morgan fingerprint density at radius 2 is 1.74 bits per heavy atom. The van der Waals surface area contributed by atoms with Gasteiger partial charge in [-0.3, -0.25) is 9.59 Å². The van der Waals surface area contributed by atoms with Crippen LogP contribution in [0.2, 0.25) is 0 Å². The molecule has 0 bridgehead atoms. The molecule has 0 amide bonds. The number of hydrogen-bond donors (Lipinski definition) is 4. The van der Waals surface area contributed by atoms with E-state index in [1.54, 1.807) is 20.0 Å². The average molecular weight is 536 g/mol. The normalized spacial score (nSPS) is 21.3. The van der Waals surface area contributed by atoms with Crippen molar-refractivity contribution in [3.05, 3.63) is 54.8 Å². The highest BCUT2D eigenvalue weighted by Gasteiger charge is 2.42. The second-order valence-electron chi connectivity index (χ2n) is 10.3. The van der Waals surface area contributed by atoms with Crippen molar-refractivity contribution in [2.75, 3.05) is 13.9 Å². The lowest BCUT2D eigenvalue weighted by Crippen LogP contribution is -2.27. The zero-order chi connectivity index (χ0) is 27.5. The predicted molar refractivity (Wildman–Crippen MR) is 137 cm³/mol. The van der Waals surface area contributed by atoms with Crippen molar-refractivity contribution >= 4 is 21.7 Å². The van der Waals surface area contributed by atoms with Crippen LogP contribution in [0.15, 0.2) is 20.1 Å². The van der Waals surface area contributed by atoms with Crippen LogP contribution in [0.1, 0.15) is 59.3 Å². The van der Waals surface area contributed by atoms with Crippen molar-refractivity contribution in [3.63, 3.8) is 0 Å². The molecule has 11 heteroatoms. The van der Waals surface area contributed by atoms with Gasteiger partial charge in [-0.15, -0.1) is 0 Å². The van der Waals surface area contributed by atoms with Gasteiger partial charge in [0.2, 0.25) is 5.43 Å². The van der Waals surface area contributed by atoms with E-state index in [1.807, 2.05) is 0 Å². The number of rotatable bonds is 1. The quantitative estimate of drug-likeness (QED) is 0.285. The molecule has 3 heterocycles. The molecule has 202 valence electrons. The highest BCUT2D eigenvalue weighted by molar-refractivity contribution is 6.07. The number of aromatic nitrogens is 1. The van der Waals surface area contributed by atoms with Crippen molar-refractivity contribution in [2.24, 2.45) is 7.05 Å². The van der Waals surface area contributed by atoms with E-state index in [1.165, 1.54) is 11.7 Å². The van der Waals surface area contributed by atoms with Gasteiger partial charge in [0, 0.05) is 46.8 Å². The van der Waals surface area contributed by atoms with Gasteiger partial charge in [0.05, 0.1) is 30.3 Å². The van der Waals surface area contributed by atoms with Gasteiger partial charge in [0.25, 0.3) is 5.56 Å². The lowest BCUT2D eigenvalue weighted by atomic mass is 9.78. The minimum atomic E-state index is -1.19. The Balaban J connectivity index is 1.69. The molecule has 0 saturated heterocycles. The molecule has 0 unspecified atom stereocenters. The summed E-state index contributed by atoms with van der Waals surface area (Å²) in [6.45, 7) is 1.67. The number of aryl methyl sites for hydroxylation is 1. The Morgan fingerprint density at radius 1 is 1.03 bits per heavy atom. The Labute approximate surface area is 220 Å². The Morgan fingerprint density at radius 3 is 2.49 bits per heavy atom. The van der Waals surface area contributed by atoms with Gasteiger partial charge in [0.15, 0.2) is 18.1 Å². The Hall–Kier alpha value is -4.06. The summed E-state index contributed by atoms with van der Waals surface area (Å²) in [5.41, 5.74) is 0.276. The van der Waals surface area contributed by atoms with Gasteiger partial charge < -0.3 is 43.6 Å². The first-order valence-corrected chi connectivity index (χ1v) is 12.6. The van der Waals surface area contributed by atoms with Crippen LogP contribution >= 0.6 is 0 Å². The monoisotopic (exact) mass is 535 g/mol. The van der Waals surface area contributed by atoms with E-state index in [4.69, 9.17) is 18.6 Å². The molecule has 39 heavy (non-hydrogen) atoms. The molecule has 11 nitrogen and oxygen atoms in total. The third-order valence-corrected chi connectivity index (χ3v) is 8.32. The van der Waals surface area contributed by atoms with E-state index in [0.717, 1.165) is 0 Å². The van der Waals surface area contributed by atoms with Crippen molar-refractivity contribution in [2.45, 2.75) is 44.5 Å². The lowest BCUT2D eigenvalue weighted by molar-refractivity contribution is -0.0587. The van der Waals surface area contributed by atoms with Crippen molar-refractivity contribution in [1.82, 2.24) is 4.57 Å². The summed E-state index contributed by atoms with van der Waals surface area (Å²) < 4.78 is 24.9. The molecule has 1 aliphatic heterocycles. The molecule has 0 saturated carbocycles. The van der Waals surface area contributed by atoms with Crippen molar-refractivity contribution in [1.29, 1.82) is 0 Å². The van der Waals surface area contributed by atoms with Crippen LogP contribution in [0.4, 0.5) is 0 Å². The number of hydrogen-bond acceptors (Lipinski definition) is 10. The minimum Gasteiger partial charge on any atom is -0.506 e. The molecule has 2 aliphatic carbocycles. The second-order valence-corrected chi connectivity index (χ2v) is 10.3. The highest BCUT2D eigenvalue weighted by atomic mass is 16.7. The number of phenolic OH excluding ortho intramolecular Hbond substituents is 2. The van der Waals surface area contributed by atoms with E-state index in [0.29, 0.717) is 28.0 Å². The summed E-state index contributed by atoms with van der Waals surface area (Å²) >= 11 is 0. The van der Waals surface area contributed by atoms with Gasteiger partial charge in [-0.05, 0) is 25.8 Å².